The molecule has 0 amide bonds. The summed E-state index contributed by atoms with van der Waals surface area (Å²) in [5.41, 5.74) is 0. The van der Waals surface area contributed by atoms with Crippen LogP contribution >= 0.6 is 0 Å². The minimum absolute atomic E-state index is 0.774. The Kier molecular flexibility index (Phi) is 4.19. The Balaban J connectivity index is 1.62. The van der Waals surface area contributed by atoms with Crippen LogP contribution in [0.25, 0.3) is 0 Å². The summed E-state index contributed by atoms with van der Waals surface area (Å²) in [6, 6.07) is 0.785. The molecule has 2 heteroatoms. The van der Waals surface area contributed by atoms with E-state index in [0.717, 1.165) is 30.0 Å². The third-order valence-electron chi connectivity index (χ3n) is 5.91. The highest BCUT2D eigenvalue weighted by Crippen LogP contribution is 2.35. The van der Waals surface area contributed by atoms with Gasteiger partial charge >= 0.3 is 0 Å². The molecule has 2 aliphatic heterocycles. The number of fused-ring (bicyclic) bond motifs is 1. The maximum atomic E-state index is 2.86. The first kappa shape index (κ1) is 13.9. The Morgan fingerprint density at radius 3 is 2.53 bits per heavy atom. The summed E-state index contributed by atoms with van der Waals surface area (Å²) in [4.78, 5) is 5.62. The van der Waals surface area contributed by atoms with Crippen LogP contribution in [0.5, 0.6) is 0 Å². The van der Waals surface area contributed by atoms with Crippen molar-refractivity contribution in [2.45, 2.75) is 71.5 Å². The van der Waals surface area contributed by atoms with E-state index in [1.807, 2.05) is 0 Å². The highest BCUT2D eigenvalue weighted by molar-refractivity contribution is 4.92. The zero-order valence-corrected chi connectivity index (χ0v) is 13.1. The van der Waals surface area contributed by atoms with Gasteiger partial charge in [0.2, 0.25) is 0 Å². The van der Waals surface area contributed by atoms with Gasteiger partial charge in [0.1, 0.15) is 0 Å². The van der Waals surface area contributed by atoms with Crippen LogP contribution in [0, 0.1) is 17.8 Å². The van der Waals surface area contributed by atoms with Gasteiger partial charge in [-0.25, -0.2) is 0 Å². The largest absolute Gasteiger partial charge is 0.286 e. The SMILES string of the molecule is CC1CCCC(CN2C(C)CN3CCC(C)CC32)C1. The van der Waals surface area contributed by atoms with E-state index in [4.69, 9.17) is 0 Å². The molecule has 110 valence electrons. The van der Waals surface area contributed by atoms with Crippen LogP contribution in [0.15, 0.2) is 0 Å². The normalized spacial score (nSPS) is 45.3. The third kappa shape index (κ3) is 3.00. The van der Waals surface area contributed by atoms with Crippen molar-refractivity contribution in [2.75, 3.05) is 19.6 Å². The van der Waals surface area contributed by atoms with E-state index >= 15 is 0 Å². The molecular formula is C17H32N2. The van der Waals surface area contributed by atoms with Crippen molar-refractivity contribution < 1.29 is 0 Å². The van der Waals surface area contributed by atoms with Crippen molar-refractivity contribution in [1.82, 2.24) is 9.80 Å². The van der Waals surface area contributed by atoms with Crippen LogP contribution in [-0.2, 0) is 0 Å². The fourth-order valence-electron chi connectivity index (χ4n) is 4.78. The van der Waals surface area contributed by atoms with Crippen molar-refractivity contribution in [3.05, 3.63) is 0 Å². The second-order valence-electron chi connectivity index (χ2n) is 7.79. The van der Waals surface area contributed by atoms with Crippen LogP contribution < -0.4 is 0 Å². The van der Waals surface area contributed by atoms with E-state index in [-0.39, 0.29) is 0 Å². The van der Waals surface area contributed by atoms with Gasteiger partial charge in [0, 0.05) is 19.1 Å². The van der Waals surface area contributed by atoms with Gasteiger partial charge < -0.3 is 0 Å². The molecule has 5 atom stereocenters. The van der Waals surface area contributed by atoms with E-state index in [1.54, 1.807) is 0 Å². The molecule has 0 radical (unpaired) electrons. The quantitative estimate of drug-likeness (QED) is 0.752. The average molecular weight is 264 g/mol. The zero-order valence-electron chi connectivity index (χ0n) is 13.1. The highest BCUT2D eigenvalue weighted by atomic mass is 15.4. The molecular weight excluding hydrogens is 232 g/mol. The predicted molar refractivity (Wildman–Crippen MR) is 81.0 cm³/mol. The van der Waals surface area contributed by atoms with Crippen LogP contribution in [0.3, 0.4) is 0 Å². The molecule has 0 N–H and O–H groups in total. The molecule has 3 fully saturated rings. The minimum atomic E-state index is 0.774. The van der Waals surface area contributed by atoms with Gasteiger partial charge in [0.05, 0.1) is 6.17 Å². The molecule has 0 aromatic carbocycles. The lowest BCUT2D eigenvalue weighted by Gasteiger charge is -2.40. The van der Waals surface area contributed by atoms with E-state index in [9.17, 15) is 0 Å². The maximum absolute atomic E-state index is 2.86. The van der Waals surface area contributed by atoms with E-state index in [0.29, 0.717) is 0 Å². The van der Waals surface area contributed by atoms with Crippen molar-refractivity contribution in [1.29, 1.82) is 0 Å². The summed E-state index contributed by atoms with van der Waals surface area (Å²) in [7, 11) is 0. The van der Waals surface area contributed by atoms with Gasteiger partial charge in [-0.3, -0.25) is 9.80 Å². The zero-order chi connectivity index (χ0) is 13.4. The molecule has 1 saturated carbocycles. The predicted octanol–water partition coefficient (Wildman–Crippen LogP) is 3.57. The molecule has 3 aliphatic rings. The first-order valence-electron chi connectivity index (χ1n) is 8.63. The molecule has 0 spiro atoms. The average Bonchev–Trinajstić information content (AvgIpc) is 2.66. The van der Waals surface area contributed by atoms with E-state index < -0.39 is 0 Å². The van der Waals surface area contributed by atoms with E-state index in [1.165, 1.54) is 58.2 Å². The van der Waals surface area contributed by atoms with Gasteiger partial charge in [-0.05, 0) is 56.9 Å². The molecule has 0 aromatic rings. The van der Waals surface area contributed by atoms with Gasteiger partial charge in [0.15, 0.2) is 0 Å². The van der Waals surface area contributed by atoms with Gasteiger partial charge in [-0.1, -0.05) is 26.7 Å². The molecule has 1 aliphatic carbocycles. The van der Waals surface area contributed by atoms with Crippen molar-refractivity contribution >= 4 is 0 Å². The lowest BCUT2D eigenvalue weighted by Crippen LogP contribution is -2.46. The Morgan fingerprint density at radius 2 is 1.74 bits per heavy atom. The standard InChI is InChI=1S/C17H32N2/c1-13-5-4-6-16(9-13)12-19-15(3)11-18-8-7-14(2)10-17(18)19/h13-17H,4-12H2,1-3H3. The van der Waals surface area contributed by atoms with Crippen molar-refractivity contribution in [3.8, 4) is 0 Å². The molecule has 0 bridgehead atoms. The molecule has 19 heavy (non-hydrogen) atoms. The van der Waals surface area contributed by atoms with Gasteiger partial charge in [-0.2, -0.15) is 0 Å². The lowest BCUT2D eigenvalue weighted by atomic mass is 9.82. The van der Waals surface area contributed by atoms with Gasteiger partial charge in [0.25, 0.3) is 0 Å². The van der Waals surface area contributed by atoms with E-state index in [2.05, 4.69) is 30.6 Å². The highest BCUT2D eigenvalue weighted by Gasteiger charge is 2.40. The summed E-state index contributed by atoms with van der Waals surface area (Å²) in [6.45, 7) is 11.4. The van der Waals surface area contributed by atoms with Gasteiger partial charge in [-0.15, -0.1) is 0 Å². The van der Waals surface area contributed by atoms with Crippen LogP contribution in [0.4, 0.5) is 0 Å². The molecule has 2 nitrogen and oxygen atoms in total. The second-order valence-corrected chi connectivity index (χ2v) is 7.79. The third-order valence-corrected chi connectivity index (χ3v) is 5.91. The van der Waals surface area contributed by atoms with Crippen molar-refractivity contribution in [2.24, 2.45) is 17.8 Å². The topological polar surface area (TPSA) is 6.48 Å². The molecule has 5 unspecified atom stereocenters. The number of nitrogens with zero attached hydrogens (tertiary/aromatic N) is 2. The van der Waals surface area contributed by atoms with Crippen LogP contribution in [0.1, 0.15) is 59.3 Å². The molecule has 2 heterocycles. The molecule has 2 saturated heterocycles. The number of hydrogen-bond acceptors (Lipinski definition) is 2. The molecule has 3 rings (SSSR count). The number of rotatable bonds is 2. The fourth-order valence-corrected chi connectivity index (χ4v) is 4.78. The molecule has 0 aromatic heterocycles. The van der Waals surface area contributed by atoms with Crippen LogP contribution in [0.2, 0.25) is 0 Å². The Morgan fingerprint density at radius 1 is 0.947 bits per heavy atom. The number of hydrogen-bond donors (Lipinski definition) is 0. The maximum Gasteiger partial charge on any atom is 0.0628 e. The lowest BCUT2D eigenvalue weighted by molar-refractivity contribution is 0.0482. The first-order valence-corrected chi connectivity index (χ1v) is 8.63. The minimum Gasteiger partial charge on any atom is -0.286 e. The fraction of sp³-hybridized carbons (Fsp3) is 1.00. The van der Waals surface area contributed by atoms with Crippen LogP contribution in [-0.4, -0.2) is 41.6 Å². The number of piperidine rings is 1. The Bertz CT molecular complexity index is 304. The van der Waals surface area contributed by atoms with Crippen molar-refractivity contribution in [3.63, 3.8) is 0 Å². The summed E-state index contributed by atoms with van der Waals surface area (Å²) < 4.78 is 0. The summed E-state index contributed by atoms with van der Waals surface area (Å²) in [6.07, 6.45) is 9.50. The smallest absolute Gasteiger partial charge is 0.0628 e. The summed E-state index contributed by atoms with van der Waals surface area (Å²) in [5, 5.41) is 0. The monoisotopic (exact) mass is 264 g/mol. The summed E-state index contributed by atoms with van der Waals surface area (Å²) >= 11 is 0. The first-order chi connectivity index (χ1) is 9.13. The summed E-state index contributed by atoms with van der Waals surface area (Å²) in [5.74, 6) is 2.88. The Hall–Kier alpha value is -0.0800. The second kappa shape index (κ2) is 5.73. The Labute approximate surface area is 119 Å².